The minimum atomic E-state index is -0.307. The molecule has 5 heteroatoms. The predicted octanol–water partition coefficient (Wildman–Crippen LogP) is 2.69. The Hall–Kier alpha value is -1.94. The average Bonchev–Trinajstić information content (AvgIpc) is 2.32. The summed E-state index contributed by atoms with van der Waals surface area (Å²) in [4.78, 5) is 19.8. The second-order valence-corrected chi connectivity index (χ2v) is 3.88. The molecule has 0 aromatic carbocycles. The SMILES string of the molecule is Cc1ccc(NC(=O)c2cccc(Cl)n2)cn1. The molecule has 2 rings (SSSR count). The van der Waals surface area contributed by atoms with E-state index < -0.39 is 0 Å². The van der Waals surface area contributed by atoms with Crippen molar-refractivity contribution >= 4 is 23.2 Å². The number of rotatable bonds is 2. The molecule has 0 unspecified atom stereocenters. The zero-order chi connectivity index (χ0) is 12.3. The Morgan fingerprint density at radius 3 is 2.76 bits per heavy atom. The summed E-state index contributed by atoms with van der Waals surface area (Å²) in [6.45, 7) is 1.88. The number of hydrogen-bond donors (Lipinski definition) is 1. The summed E-state index contributed by atoms with van der Waals surface area (Å²) in [6, 6.07) is 8.50. The molecule has 0 radical (unpaired) electrons. The van der Waals surface area contributed by atoms with Crippen LogP contribution < -0.4 is 5.32 Å². The first-order valence-corrected chi connectivity index (χ1v) is 5.39. The Kier molecular flexibility index (Phi) is 3.35. The Bertz CT molecular complexity index is 540. The van der Waals surface area contributed by atoms with Crippen molar-refractivity contribution in [2.24, 2.45) is 0 Å². The number of halogens is 1. The lowest BCUT2D eigenvalue weighted by Crippen LogP contribution is -2.13. The predicted molar refractivity (Wildman–Crippen MR) is 66.2 cm³/mol. The summed E-state index contributed by atoms with van der Waals surface area (Å²) >= 11 is 5.71. The van der Waals surface area contributed by atoms with Crippen molar-refractivity contribution in [2.45, 2.75) is 6.92 Å². The zero-order valence-electron chi connectivity index (χ0n) is 9.14. The highest BCUT2D eigenvalue weighted by Crippen LogP contribution is 2.09. The van der Waals surface area contributed by atoms with Gasteiger partial charge in [0.15, 0.2) is 0 Å². The van der Waals surface area contributed by atoms with E-state index in [1.807, 2.05) is 13.0 Å². The van der Waals surface area contributed by atoms with Gasteiger partial charge in [0.1, 0.15) is 10.8 Å². The van der Waals surface area contributed by atoms with Gasteiger partial charge in [-0.15, -0.1) is 0 Å². The van der Waals surface area contributed by atoms with Gasteiger partial charge >= 0.3 is 0 Å². The third-order valence-corrected chi connectivity index (χ3v) is 2.33. The Morgan fingerprint density at radius 2 is 2.12 bits per heavy atom. The first-order chi connectivity index (χ1) is 8.15. The molecular weight excluding hydrogens is 238 g/mol. The fraction of sp³-hybridized carbons (Fsp3) is 0.0833. The van der Waals surface area contributed by atoms with Crippen LogP contribution in [0.1, 0.15) is 16.2 Å². The first-order valence-electron chi connectivity index (χ1n) is 5.02. The van der Waals surface area contributed by atoms with E-state index in [-0.39, 0.29) is 11.6 Å². The van der Waals surface area contributed by atoms with E-state index in [0.717, 1.165) is 5.69 Å². The van der Waals surface area contributed by atoms with Gasteiger partial charge in [-0.05, 0) is 31.2 Å². The van der Waals surface area contributed by atoms with Crippen LogP contribution in [0.15, 0.2) is 36.5 Å². The molecule has 2 aromatic heterocycles. The molecule has 0 aliphatic heterocycles. The zero-order valence-corrected chi connectivity index (χ0v) is 9.90. The molecule has 2 heterocycles. The smallest absolute Gasteiger partial charge is 0.274 e. The lowest BCUT2D eigenvalue weighted by Gasteiger charge is -2.04. The van der Waals surface area contributed by atoms with Crippen LogP contribution in [0.5, 0.6) is 0 Å². The molecule has 1 amide bonds. The van der Waals surface area contributed by atoms with Crippen LogP contribution in [-0.2, 0) is 0 Å². The van der Waals surface area contributed by atoms with E-state index in [0.29, 0.717) is 10.8 Å². The molecule has 0 aliphatic rings. The van der Waals surface area contributed by atoms with Crippen LogP contribution in [-0.4, -0.2) is 15.9 Å². The molecular formula is C12H10ClN3O. The number of hydrogen-bond acceptors (Lipinski definition) is 3. The van der Waals surface area contributed by atoms with E-state index in [9.17, 15) is 4.79 Å². The molecule has 86 valence electrons. The van der Waals surface area contributed by atoms with Crippen molar-refractivity contribution in [3.8, 4) is 0 Å². The minimum Gasteiger partial charge on any atom is -0.319 e. The molecule has 0 bridgehead atoms. The first kappa shape index (κ1) is 11.5. The number of amides is 1. The van der Waals surface area contributed by atoms with Gasteiger partial charge in [-0.3, -0.25) is 9.78 Å². The van der Waals surface area contributed by atoms with Gasteiger partial charge in [-0.1, -0.05) is 17.7 Å². The summed E-state index contributed by atoms with van der Waals surface area (Å²) in [5, 5.41) is 2.98. The topological polar surface area (TPSA) is 54.9 Å². The van der Waals surface area contributed by atoms with E-state index in [2.05, 4.69) is 15.3 Å². The van der Waals surface area contributed by atoms with Gasteiger partial charge in [0.05, 0.1) is 11.9 Å². The third-order valence-electron chi connectivity index (χ3n) is 2.12. The van der Waals surface area contributed by atoms with Crippen LogP contribution >= 0.6 is 11.6 Å². The molecule has 0 atom stereocenters. The number of pyridine rings is 2. The van der Waals surface area contributed by atoms with Crippen LogP contribution in [0, 0.1) is 6.92 Å². The molecule has 0 saturated heterocycles. The lowest BCUT2D eigenvalue weighted by molar-refractivity contribution is 0.102. The highest BCUT2D eigenvalue weighted by Gasteiger charge is 2.07. The van der Waals surface area contributed by atoms with E-state index in [4.69, 9.17) is 11.6 Å². The molecule has 4 nitrogen and oxygen atoms in total. The number of aryl methyl sites for hydroxylation is 1. The summed E-state index contributed by atoms with van der Waals surface area (Å²) < 4.78 is 0. The Balaban J connectivity index is 2.14. The number of aromatic nitrogens is 2. The molecule has 0 spiro atoms. The highest BCUT2D eigenvalue weighted by molar-refractivity contribution is 6.29. The number of carbonyl (C=O) groups excluding carboxylic acids is 1. The summed E-state index contributed by atoms with van der Waals surface area (Å²) in [5.41, 5.74) is 1.80. The van der Waals surface area contributed by atoms with Crippen molar-refractivity contribution in [1.29, 1.82) is 0 Å². The second-order valence-electron chi connectivity index (χ2n) is 3.49. The standard InChI is InChI=1S/C12H10ClN3O/c1-8-5-6-9(7-14-8)15-12(17)10-3-2-4-11(13)16-10/h2-7H,1H3,(H,15,17). The molecule has 1 N–H and O–H groups in total. The van der Waals surface area contributed by atoms with E-state index >= 15 is 0 Å². The molecule has 17 heavy (non-hydrogen) atoms. The molecule has 0 aliphatic carbocycles. The second kappa shape index (κ2) is 4.93. The van der Waals surface area contributed by atoms with E-state index in [1.165, 1.54) is 0 Å². The maximum atomic E-state index is 11.8. The van der Waals surface area contributed by atoms with Crippen molar-refractivity contribution in [3.05, 3.63) is 53.1 Å². The van der Waals surface area contributed by atoms with Gasteiger partial charge in [0.25, 0.3) is 5.91 Å². The van der Waals surface area contributed by atoms with Crippen molar-refractivity contribution < 1.29 is 4.79 Å². The minimum absolute atomic E-state index is 0.276. The fourth-order valence-electron chi connectivity index (χ4n) is 1.27. The summed E-state index contributed by atoms with van der Waals surface area (Å²) in [7, 11) is 0. The third kappa shape index (κ3) is 3.01. The van der Waals surface area contributed by atoms with Gasteiger partial charge in [-0.2, -0.15) is 0 Å². The van der Waals surface area contributed by atoms with Crippen LogP contribution in [0.3, 0.4) is 0 Å². The van der Waals surface area contributed by atoms with Crippen molar-refractivity contribution in [3.63, 3.8) is 0 Å². The summed E-state index contributed by atoms with van der Waals surface area (Å²) in [5.74, 6) is -0.307. The van der Waals surface area contributed by atoms with Crippen LogP contribution in [0.25, 0.3) is 0 Å². The maximum absolute atomic E-state index is 11.8. The summed E-state index contributed by atoms with van der Waals surface area (Å²) in [6.07, 6.45) is 1.60. The van der Waals surface area contributed by atoms with Crippen molar-refractivity contribution in [2.75, 3.05) is 5.32 Å². The quantitative estimate of drug-likeness (QED) is 0.830. The Morgan fingerprint density at radius 1 is 1.29 bits per heavy atom. The number of nitrogens with one attached hydrogen (secondary N) is 1. The normalized spacial score (nSPS) is 10.0. The maximum Gasteiger partial charge on any atom is 0.274 e. The molecule has 0 fully saturated rings. The van der Waals surface area contributed by atoms with Gasteiger partial charge in [0.2, 0.25) is 0 Å². The molecule has 2 aromatic rings. The number of carbonyl (C=O) groups is 1. The monoisotopic (exact) mass is 247 g/mol. The average molecular weight is 248 g/mol. The fourth-order valence-corrected chi connectivity index (χ4v) is 1.44. The lowest BCUT2D eigenvalue weighted by atomic mass is 10.3. The van der Waals surface area contributed by atoms with Crippen molar-refractivity contribution in [1.82, 2.24) is 9.97 Å². The molecule has 0 saturated carbocycles. The Labute approximate surface area is 104 Å². The van der Waals surface area contributed by atoms with Crippen LogP contribution in [0.2, 0.25) is 5.15 Å². The van der Waals surface area contributed by atoms with Gasteiger partial charge in [0, 0.05) is 5.69 Å². The highest BCUT2D eigenvalue weighted by atomic mass is 35.5. The van der Waals surface area contributed by atoms with Crippen LogP contribution in [0.4, 0.5) is 5.69 Å². The van der Waals surface area contributed by atoms with Gasteiger partial charge in [-0.25, -0.2) is 4.98 Å². The number of nitrogens with zero attached hydrogens (tertiary/aromatic N) is 2. The largest absolute Gasteiger partial charge is 0.319 e. The van der Waals surface area contributed by atoms with E-state index in [1.54, 1.807) is 30.5 Å². The van der Waals surface area contributed by atoms with Gasteiger partial charge < -0.3 is 5.32 Å². The number of anilines is 1.